The van der Waals surface area contributed by atoms with E-state index in [0.29, 0.717) is 25.8 Å². The second-order valence-corrected chi connectivity index (χ2v) is 9.26. The molecule has 196 valence electrons. The molecule has 0 saturated heterocycles. The number of esters is 2. The molecule has 1 aromatic heterocycles. The summed E-state index contributed by atoms with van der Waals surface area (Å²) in [5.74, 6) is -2.69. The summed E-state index contributed by atoms with van der Waals surface area (Å²) in [7, 11) is 0. The third kappa shape index (κ3) is 9.14. The summed E-state index contributed by atoms with van der Waals surface area (Å²) >= 11 is 0. The average Bonchev–Trinajstić information content (AvgIpc) is 3.32. The lowest BCUT2D eigenvalue weighted by Gasteiger charge is -2.24. The van der Waals surface area contributed by atoms with E-state index < -0.39 is 41.4 Å². The van der Waals surface area contributed by atoms with Gasteiger partial charge in [-0.25, -0.2) is 14.6 Å². The first-order chi connectivity index (χ1) is 17.0. The van der Waals surface area contributed by atoms with Crippen molar-refractivity contribution in [2.45, 2.75) is 71.2 Å². The number of unbranched alkanes of at least 4 members (excludes halogenated alkanes) is 1. The van der Waals surface area contributed by atoms with Gasteiger partial charge in [0.2, 0.25) is 0 Å². The average molecular weight is 502 g/mol. The Morgan fingerprint density at radius 2 is 1.72 bits per heavy atom. The molecule has 1 heterocycles. The van der Waals surface area contributed by atoms with E-state index in [2.05, 4.69) is 20.6 Å². The largest absolute Gasteiger partial charge is 0.459 e. The van der Waals surface area contributed by atoms with E-state index in [0.717, 1.165) is 5.56 Å². The minimum Gasteiger partial charge on any atom is -0.459 e. The normalized spacial score (nSPS) is 12.8. The van der Waals surface area contributed by atoms with Gasteiger partial charge in [0.1, 0.15) is 30.0 Å². The van der Waals surface area contributed by atoms with Crippen molar-refractivity contribution in [2.24, 2.45) is 5.73 Å². The molecule has 0 fully saturated rings. The second kappa shape index (κ2) is 13.4. The molecule has 11 heteroatoms. The van der Waals surface area contributed by atoms with Crippen LogP contribution in [0.15, 0.2) is 36.7 Å². The van der Waals surface area contributed by atoms with Gasteiger partial charge in [0.15, 0.2) is 5.69 Å². The summed E-state index contributed by atoms with van der Waals surface area (Å²) in [6, 6.07) is 7.20. The minimum absolute atomic E-state index is 0.0617. The van der Waals surface area contributed by atoms with Crippen molar-refractivity contribution in [1.82, 2.24) is 20.6 Å². The van der Waals surface area contributed by atoms with Crippen LogP contribution in [0, 0.1) is 0 Å². The summed E-state index contributed by atoms with van der Waals surface area (Å²) in [6.07, 6.45) is 2.77. The van der Waals surface area contributed by atoms with Crippen LogP contribution in [0.2, 0.25) is 0 Å². The van der Waals surface area contributed by atoms with Gasteiger partial charge in [0, 0.05) is 0 Å². The Morgan fingerprint density at radius 1 is 1.03 bits per heavy atom. The van der Waals surface area contributed by atoms with E-state index >= 15 is 0 Å². The molecule has 0 saturated carbocycles. The number of H-pyrrole nitrogens is 1. The van der Waals surface area contributed by atoms with Crippen molar-refractivity contribution in [3.8, 4) is 0 Å². The van der Waals surface area contributed by atoms with Gasteiger partial charge in [-0.3, -0.25) is 9.59 Å². The summed E-state index contributed by atoms with van der Waals surface area (Å²) < 4.78 is 10.6. The molecule has 0 aliphatic rings. The monoisotopic (exact) mass is 501 g/mol. The first kappa shape index (κ1) is 28.5. The van der Waals surface area contributed by atoms with Gasteiger partial charge in [0.05, 0.1) is 6.33 Å². The number of carbonyl (C=O) groups is 4. The van der Waals surface area contributed by atoms with E-state index in [4.69, 9.17) is 15.2 Å². The van der Waals surface area contributed by atoms with E-state index in [1.54, 1.807) is 20.8 Å². The van der Waals surface area contributed by atoms with E-state index in [1.807, 2.05) is 30.3 Å². The van der Waals surface area contributed by atoms with E-state index in [9.17, 15) is 19.2 Å². The van der Waals surface area contributed by atoms with Crippen molar-refractivity contribution in [2.75, 3.05) is 6.54 Å². The zero-order valence-electron chi connectivity index (χ0n) is 21.1. The number of ether oxygens (including phenoxy) is 2. The summed E-state index contributed by atoms with van der Waals surface area (Å²) in [5.41, 5.74) is 5.24. The number of hydrogen-bond acceptors (Lipinski definition) is 8. The van der Waals surface area contributed by atoms with Crippen LogP contribution in [-0.2, 0) is 25.7 Å². The molecule has 0 aliphatic carbocycles. The molecule has 5 N–H and O–H groups in total. The smallest absolute Gasteiger partial charge is 0.329 e. The molecule has 2 rings (SSSR count). The first-order valence-electron chi connectivity index (χ1n) is 11.8. The van der Waals surface area contributed by atoms with Crippen LogP contribution in [-0.4, -0.2) is 58.0 Å². The summed E-state index contributed by atoms with van der Waals surface area (Å²) in [5, 5.41) is 5.09. The quantitative estimate of drug-likeness (QED) is 0.253. The van der Waals surface area contributed by atoms with E-state index in [1.165, 1.54) is 13.3 Å². The summed E-state index contributed by atoms with van der Waals surface area (Å²) in [4.78, 5) is 57.2. The molecule has 2 amide bonds. The topological polar surface area (TPSA) is 165 Å². The lowest BCUT2D eigenvalue weighted by atomic mass is 10.1. The van der Waals surface area contributed by atoms with Crippen LogP contribution in [0.5, 0.6) is 0 Å². The van der Waals surface area contributed by atoms with Crippen LogP contribution in [0.25, 0.3) is 0 Å². The Kier molecular flexibility index (Phi) is 10.6. The third-order valence-electron chi connectivity index (χ3n) is 4.95. The van der Waals surface area contributed by atoms with Gasteiger partial charge in [-0.15, -0.1) is 0 Å². The number of hydrogen-bond donors (Lipinski definition) is 4. The van der Waals surface area contributed by atoms with E-state index in [-0.39, 0.29) is 18.0 Å². The highest BCUT2D eigenvalue weighted by atomic mass is 16.6. The molecule has 0 radical (unpaired) electrons. The summed E-state index contributed by atoms with van der Waals surface area (Å²) in [6.45, 7) is 7.17. The van der Waals surface area contributed by atoms with Crippen LogP contribution in [0.1, 0.15) is 73.5 Å². The number of rotatable bonds is 12. The molecule has 0 spiro atoms. The van der Waals surface area contributed by atoms with Crippen LogP contribution in [0.4, 0.5) is 0 Å². The van der Waals surface area contributed by atoms with Gasteiger partial charge >= 0.3 is 11.9 Å². The lowest BCUT2D eigenvalue weighted by Crippen LogP contribution is -2.45. The van der Waals surface area contributed by atoms with Crippen molar-refractivity contribution >= 4 is 23.8 Å². The maximum atomic E-state index is 12.9. The molecule has 11 nitrogen and oxygen atoms in total. The Balaban J connectivity index is 2.02. The number of carbonyl (C=O) groups excluding carboxylic acids is 4. The number of benzene rings is 1. The number of nitrogens with two attached hydrogens (primary N) is 1. The highest BCUT2D eigenvalue weighted by Gasteiger charge is 2.30. The fourth-order valence-corrected chi connectivity index (χ4v) is 3.16. The lowest BCUT2D eigenvalue weighted by molar-refractivity contribution is -0.157. The van der Waals surface area contributed by atoms with Crippen molar-refractivity contribution in [3.05, 3.63) is 53.6 Å². The van der Waals surface area contributed by atoms with Crippen molar-refractivity contribution in [3.63, 3.8) is 0 Å². The first-order valence-corrected chi connectivity index (χ1v) is 11.8. The Hall–Kier alpha value is -3.73. The number of aromatic nitrogens is 2. The third-order valence-corrected chi connectivity index (χ3v) is 4.95. The van der Waals surface area contributed by atoms with Crippen molar-refractivity contribution < 1.29 is 28.7 Å². The van der Waals surface area contributed by atoms with Crippen LogP contribution in [0.3, 0.4) is 0 Å². The maximum absolute atomic E-state index is 12.9. The SMILES string of the molecule is CC(NC(=O)c1nc[nH]c1C(=O)NC(CCCCN)C(=O)OC(C)(C)C)C(=O)OCc1ccccc1. The molecule has 2 atom stereocenters. The van der Waals surface area contributed by atoms with Crippen LogP contribution >= 0.6 is 0 Å². The number of nitrogens with one attached hydrogen (secondary N) is 3. The number of nitrogens with zero attached hydrogens (tertiary/aromatic N) is 1. The molecule has 1 aromatic carbocycles. The molecule has 2 unspecified atom stereocenters. The van der Waals surface area contributed by atoms with Gasteiger partial charge in [0.25, 0.3) is 11.8 Å². The molecule has 0 bridgehead atoms. The fourth-order valence-electron chi connectivity index (χ4n) is 3.16. The minimum atomic E-state index is -0.986. The fraction of sp³-hybridized carbons (Fsp3) is 0.480. The molecular formula is C25H35N5O6. The highest BCUT2D eigenvalue weighted by molar-refractivity contribution is 6.06. The number of aromatic amines is 1. The van der Waals surface area contributed by atoms with Gasteiger partial charge in [-0.05, 0) is 59.1 Å². The molecule has 2 aromatic rings. The predicted octanol–water partition coefficient (Wildman–Crippen LogP) is 1.84. The van der Waals surface area contributed by atoms with Gasteiger partial charge in [-0.2, -0.15) is 0 Å². The van der Waals surface area contributed by atoms with Gasteiger partial charge < -0.3 is 30.8 Å². The molecule has 0 aliphatic heterocycles. The predicted molar refractivity (Wildman–Crippen MR) is 132 cm³/mol. The molecule has 36 heavy (non-hydrogen) atoms. The van der Waals surface area contributed by atoms with Crippen molar-refractivity contribution in [1.29, 1.82) is 0 Å². The zero-order valence-corrected chi connectivity index (χ0v) is 21.1. The standard InChI is InChI=1S/C25H35N5O6/c1-16(23(33)35-14-17-10-6-5-7-11-17)29-21(31)19-20(28-15-27-19)22(32)30-18(12-8-9-13-26)24(34)36-25(2,3)4/h5-7,10-11,15-16,18H,8-9,12-14,26H2,1-4H3,(H,27,28)(H,29,31)(H,30,32). The number of imidazole rings is 1. The number of amides is 2. The maximum Gasteiger partial charge on any atom is 0.329 e. The highest BCUT2D eigenvalue weighted by Crippen LogP contribution is 2.13. The molecular weight excluding hydrogens is 466 g/mol. The zero-order chi connectivity index (χ0) is 26.7. The Bertz CT molecular complexity index is 1030. The Labute approximate surface area is 210 Å². The Morgan fingerprint density at radius 3 is 2.36 bits per heavy atom. The second-order valence-electron chi connectivity index (χ2n) is 9.26. The van der Waals surface area contributed by atoms with Crippen LogP contribution < -0.4 is 16.4 Å². The van der Waals surface area contributed by atoms with Gasteiger partial charge in [-0.1, -0.05) is 30.3 Å².